The Morgan fingerprint density at radius 2 is 2.10 bits per heavy atom. The Morgan fingerprint density at radius 1 is 1.35 bits per heavy atom. The standard InChI is InChI=1S/C15H21FN2O.ClH/c1-11-5-6-14(16)13(10-11)15(19)18(2)12-4-3-8-17-9-7-12;/h5-6,10,12,17H,3-4,7-9H2,1-2H3;1H. The summed E-state index contributed by atoms with van der Waals surface area (Å²) in [4.78, 5) is 14.1. The van der Waals surface area contributed by atoms with E-state index in [1.165, 1.54) is 6.07 Å². The second-order valence-electron chi connectivity index (χ2n) is 5.23. The molecular formula is C15H22ClFN2O. The van der Waals surface area contributed by atoms with Crippen LogP contribution < -0.4 is 5.32 Å². The summed E-state index contributed by atoms with van der Waals surface area (Å²) in [6.45, 7) is 3.78. The summed E-state index contributed by atoms with van der Waals surface area (Å²) in [5.74, 6) is -0.651. The van der Waals surface area contributed by atoms with Crippen molar-refractivity contribution in [1.29, 1.82) is 0 Å². The van der Waals surface area contributed by atoms with Gasteiger partial charge in [-0.05, 0) is 51.4 Å². The highest BCUT2D eigenvalue weighted by molar-refractivity contribution is 5.94. The van der Waals surface area contributed by atoms with Crippen molar-refractivity contribution in [2.45, 2.75) is 32.2 Å². The fraction of sp³-hybridized carbons (Fsp3) is 0.533. The zero-order valence-corrected chi connectivity index (χ0v) is 12.8. The van der Waals surface area contributed by atoms with Crippen molar-refractivity contribution < 1.29 is 9.18 Å². The molecule has 1 aromatic rings. The first-order chi connectivity index (χ1) is 9.09. The van der Waals surface area contributed by atoms with Gasteiger partial charge in [-0.2, -0.15) is 0 Å². The third-order valence-corrected chi connectivity index (χ3v) is 3.77. The van der Waals surface area contributed by atoms with Gasteiger partial charge in [0.15, 0.2) is 0 Å². The smallest absolute Gasteiger partial charge is 0.256 e. The van der Waals surface area contributed by atoms with Crippen LogP contribution in [-0.2, 0) is 0 Å². The lowest BCUT2D eigenvalue weighted by atomic mass is 10.1. The molecule has 3 nitrogen and oxygen atoms in total. The van der Waals surface area contributed by atoms with E-state index in [9.17, 15) is 9.18 Å². The molecule has 0 radical (unpaired) electrons. The van der Waals surface area contributed by atoms with Gasteiger partial charge in [-0.1, -0.05) is 11.6 Å². The van der Waals surface area contributed by atoms with Crippen LogP contribution in [0.1, 0.15) is 35.2 Å². The number of hydrogen-bond acceptors (Lipinski definition) is 2. The van der Waals surface area contributed by atoms with Gasteiger partial charge >= 0.3 is 0 Å². The van der Waals surface area contributed by atoms with Gasteiger partial charge in [0.2, 0.25) is 0 Å². The number of carbonyl (C=O) groups is 1. The summed E-state index contributed by atoms with van der Waals surface area (Å²) in [5.41, 5.74) is 1.08. The molecule has 1 saturated heterocycles. The summed E-state index contributed by atoms with van der Waals surface area (Å²) < 4.78 is 13.8. The number of benzene rings is 1. The van der Waals surface area contributed by atoms with E-state index in [1.54, 1.807) is 24.1 Å². The van der Waals surface area contributed by atoms with Crippen LogP contribution in [-0.4, -0.2) is 37.0 Å². The molecule has 1 amide bonds. The van der Waals surface area contributed by atoms with Crippen LogP contribution in [0.15, 0.2) is 18.2 Å². The van der Waals surface area contributed by atoms with Crippen LogP contribution in [0.3, 0.4) is 0 Å². The maximum Gasteiger partial charge on any atom is 0.256 e. The first-order valence-electron chi connectivity index (χ1n) is 6.83. The third-order valence-electron chi connectivity index (χ3n) is 3.77. The average molecular weight is 301 g/mol. The molecule has 20 heavy (non-hydrogen) atoms. The zero-order chi connectivity index (χ0) is 13.8. The first kappa shape index (κ1) is 16.9. The molecule has 1 unspecified atom stereocenters. The summed E-state index contributed by atoms with van der Waals surface area (Å²) in [6, 6.07) is 4.87. The molecule has 0 spiro atoms. The molecule has 1 atom stereocenters. The Balaban J connectivity index is 0.00000200. The number of amides is 1. The van der Waals surface area contributed by atoms with Crippen molar-refractivity contribution in [2.24, 2.45) is 0 Å². The fourth-order valence-electron chi connectivity index (χ4n) is 2.55. The van der Waals surface area contributed by atoms with Gasteiger partial charge in [0, 0.05) is 13.1 Å². The van der Waals surface area contributed by atoms with Crippen LogP contribution in [0, 0.1) is 12.7 Å². The number of nitrogens with zero attached hydrogens (tertiary/aromatic N) is 1. The molecular weight excluding hydrogens is 279 g/mol. The van der Waals surface area contributed by atoms with E-state index < -0.39 is 5.82 Å². The van der Waals surface area contributed by atoms with Crippen LogP contribution >= 0.6 is 12.4 Å². The Morgan fingerprint density at radius 3 is 2.85 bits per heavy atom. The molecule has 0 aliphatic carbocycles. The molecule has 5 heteroatoms. The second-order valence-corrected chi connectivity index (χ2v) is 5.23. The van der Waals surface area contributed by atoms with E-state index in [1.807, 2.05) is 6.92 Å². The number of rotatable bonds is 2. The lowest BCUT2D eigenvalue weighted by molar-refractivity contribution is 0.0715. The van der Waals surface area contributed by atoms with Gasteiger partial charge in [0.05, 0.1) is 5.56 Å². The molecule has 2 rings (SSSR count). The number of hydrogen-bond donors (Lipinski definition) is 1. The first-order valence-corrected chi connectivity index (χ1v) is 6.83. The van der Waals surface area contributed by atoms with E-state index in [2.05, 4.69) is 5.32 Å². The van der Waals surface area contributed by atoms with Gasteiger partial charge in [0.1, 0.15) is 5.82 Å². The molecule has 1 aliphatic heterocycles. The minimum absolute atomic E-state index is 0. The van der Waals surface area contributed by atoms with Crippen molar-refractivity contribution in [3.63, 3.8) is 0 Å². The average Bonchev–Trinajstić information content (AvgIpc) is 2.69. The van der Waals surface area contributed by atoms with Crippen molar-refractivity contribution in [1.82, 2.24) is 10.2 Å². The molecule has 0 saturated carbocycles. The largest absolute Gasteiger partial charge is 0.339 e. The van der Waals surface area contributed by atoms with E-state index in [0.29, 0.717) is 0 Å². The molecule has 0 aromatic heterocycles. The molecule has 1 fully saturated rings. The summed E-state index contributed by atoms with van der Waals surface area (Å²) in [7, 11) is 1.78. The van der Waals surface area contributed by atoms with Crippen molar-refractivity contribution >= 4 is 18.3 Å². The van der Waals surface area contributed by atoms with E-state index >= 15 is 0 Å². The Bertz CT molecular complexity index is 459. The lowest BCUT2D eigenvalue weighted by Crippen LogP contribution is -2.38. The third kappa shape index (κ3) is 3.93. The lowest BCUT2D eigenvalue weighted by Gasteiger charge is -2.27. The molecule has 0 bridgehead atoms. The van der Waals surface area contributed by atoms with Crippen LogP contribution in [0.2, 0.25) is 0 Å². The SMILES string of the molecule is Cc1ccc(F)c(C(=O)N(C)C2CCCNCC2)c1.Cl. The highest BCUT2D eigenvalue weighted by atomic mass is 35.5. The molecule has 1 N–H and O–H groups in total. The topological polar surface area (TPSA) is 32.3 Å². The minimum atomic E-state index is -0.436. The highest BCUT2D eigenvalue weighted by Crippen LogP contribution is 2.17. The molecule has 1 aliphatic rings. The zero-order valence-electron chi connectivity index (χ0n) is 12.0. The molecule has 1 aromatic carbocycles. The fourth-order valence-corrected chi connectivity index (χ4v) is 2.55. The second kappa shape index (κ2) is 7.60. The normalized spacial score (nSPS) is 18.9. The van der Waals surface area contributed by atoms with Gasteiger partial charge in [-0.3, -0.25) is 4.79 Å². The monoisotopic (exact) mass is 300 g/mol. The van der Waals surface area contributed by atoms with Crippen molar-refractivity contribution in [2.75, 3.05) is 20.1 Å². The Labute approximate surface area is 125 Å². The minimum Gasteiger partial charge on any atom is -0.339 e. The number of aryl methyl sites for hydroxylation is 1. The summed E-state index contributed by atoms with van der Waals surface area (Å²) in [6.07, 6.45) is 2.96. The van der Waals surface area contributed by atoms with Crippen LogP contribution in [0.25, 0.3) is 0 Å². The van der Waals surface area contributed by atoms with Crippen molar-refractivity contribution in [3.05, 3.63) is 35.1 Å². The van der Waals surface area contributed by atoms with Crippen molar-refractivity contribution in [3.8, 4) is 0 Å². The van der Waals surface area contributed by atoms with Crippen LogP contribution in [0.4, 0.5) is 4.39 Å². The van der Waals surface area contributed by atoms with Gasteiger partial charge in [-0.25, -0.2) is 4.39 Å². The highest BCUT2D eigenvalue weighted by Gasteiger charge is 2.23. The Hall–Kier alpha value is -1.13. The quantitative estimate of drug-likeness (QED) is 0.911. The number of carbonyl (C=O) groups excluding carboxylic acids is 1. The van der Waals surface area contributed by atoms with Gasteiger partial charge in [-0.15, -0.1) is 12.4 Å². The summed E-state index contributed by atoms with van der Waals surface area (Å²) >= 11 is 0. The van der Waals surface area contributed by atoms with E-state index in [0.717, 1.165) is 37.9 Å². The molecule has 112 valence electrons. The summed E-state index contributed by atoms with van der Waals surface area (Å²) in [5, 5.41) is 3.32. The van der Waals surface area contributed by atoms with Gasteiger partial charge in [0.25, 0.3) is 5.91 Å². The number of nitrogens with one attached hydrogen (secondary N) is 1. The van der Waals surface area contributed by atoms with E-state index in [-0.39, 0.29) is 29.9 Å². The predicted octanol–water partition coefficient (Wildman–Crippen LogP) is 2.77. The number of halogens is 2. The maximum atomic E-state index is 13.8. The Kier molecular flexibility index (Phi) is 6.43. The predicted molar refractivity (Wildman–Crippen MR) is 81.0 cm³/mol. The van der Waals surface area contributed by atoms with Gasteiger partial charge < -0.3 is 10.2 Å². The maximum absolute atomic E-state index is 13.8. The molecule has 1 heterocycles. The van der Waals surface area contributed by atoms with Crippen LogP contribution in [0.5, 0.6) is 0 Å². The van der Waals surface area contributed by atoms with E-state index in [4.69, 9.17) is 0 Å².